The summed E-state index contributed by atoms with van der Waals surface area (Å²) in [5, 5.41) is 3.01. The molecule has 1 N–H and O–H groups in total. The molecule has 2 fully saturated rings. The molecule has 2 rings (SSSR count). The molecule has 0 aromatic rings. The topological polar surface area (TPSA) is 58.6 Å². The van der Waals surface area contributed by atoms with Gasteiger partial charge in [-0.25, -0.2) is 0 Å². The Morgan fingerprint density at radius 1 is 1.24 bits per heavy atom. The predicted molar refractivity (Wildman–Crippen MR) is 80.9 cm³/mol. The van der Waals surface area contributed by atoms with Crippen molar-refractivity contribution in [3.8, 4) is 0 Å². The number of amides is 2. The lowest BCUT2D eigenvalue weighted by Crippen LogP contribution is -2.69. The molecule has 1 aliphatic carbocycles. The standard InChI is InChI=1S/C16H28N2O3/c1-3-5-11-21-12-10-18-13(4-2)14(19)17-16(15(18)20)8-6-7-9-16/h13H,3-12H2,1-2H3,(H,17,19). The summed E-state index contributed by atoms with van der Waals surface area (Å²) < 4.78 is 5.58. The number of rotatable bonds is 7. The summed E-state index contributed by atoms with van der Waals surface area (Å²) in [6.45, 7) is 5.85. The normalized spacial score (nSPS) is 24.7. The van der Waals surface area contributed by atoms with Crippen LogP contribution in [0.2, 0.25) is 0 Å². The number of hydrogen-bond donors (Lipinski definition) is 1. The first kappa shape index (κ1) is 16.3. The third kappa shape index (κ3) is 3.39. The number of hydrogen-bond acceptors (Lipinski definition) is 3. The summed E-state index contributed by atoms with van der Waals surface area (Å²) >= 11 is 0. The first-order valence-electron chi connectivity index (χ1n) is 8.35. The van der Waals surface area contributed by atoms with Gasteiger partial charge in [-0.3, -0.25) is 9.59 Å². The molecule has 1 aliphatic heterocycles. The molecule has 0 aromatic carbocycles. The van der Waals surface area contributed by atoms with Gasteiger partial charge in [0.1, 0.15) is 11.6 Å². The summed E-state index contributed by atoms with van der Waals surface area (Å²) in [5.41, 5.74) is -0.619. The SMILES string of the molecule is CCCCOCCN1C(=O)C2(CCCC2)NC(=O)C1CC. The lowest BCUT2D eigenvalue weighted by atomic mass is 9.90. The van der Waals surface area contributed by atoms with E-state index in [9.17, 15) is 9.59 Å². The summed E-state index contributed by atoms with van der Waals surface area (Å²) in [4.78, 5) is 26.9. The Morgan fingerprint density at radius 2 is 1.95 bits per heavy atom. The minimum atomic E-state index is -0.619. The molecule has 21 heavy (non-hydrogen) atoms. The van der Waals surface area contributed by atoms with E-state index in [2.05, 4.69) is 12.2 Å². The van der Waals surface area contributed by atoms with Gasteiger partial charge in [-0.05, 0) is 25.7 Å². The zero-order valence-electron chi connectivity index (χ0n) is 13.3. The van der Waals surface area contributed by atoms with Crippen LogP contribution >= 0.6 is 0 Å². The van der Waals surface area contributed by atoms with E-state index in [0.717, 1.165) is 45.1 Å². The highest BCUT2D eigenvalue weighted by Gasteiger charge is 2.51. The van der Waals surface area contributed by atoms with Crippen LogP contribution in [0.15, 0.2) is 0 Å². The van der Waals surface area contributed by atoms with Crippen molar-refractivity contribution in [2.75, 3.05) is 19.8 Å². The van der Waals surface area contributed by atoms with Crippen molar-refractivity contribution in [1.29, 1.82) is 0 Å². The molecule has 120 valence electrons. The van der Waals surface area contributed by atoms with Gasteiger partial charge in [0, 0.05) is 13.2 Å². The fourth-order valence-corrected chi connectivity index (χ4v) is 3.42. The Hall–Kier alpha value is -1.10. The van der Waals surface area contributed by atoms with E-state index in [1.807, 2.05) is 6.92 Å². The average Bonchev–Trinajstić information content (AvgIpc) is 2.93. The second-order valence-electron chi connectivity index (χ2n) is 6.17. The molecule has 2 amide bonds. The van der Waals surface area contributed by atoms with Gasteiger partial charge in [0.25, 0.3) is 0 Å². The second-order valence-corrected chi connectivity index (χ2v) is 6.17. The van der Waals surface area contributed by atoms with Crippen molar-refractivity contribution in [3.63, 3.8) is 0 Å². The minimum Gasteiger partial charge on any atom is -0.380 e. The van der Waals surface area contributed by atoms with E-state index in [1.165, 1.54) is 0 Å². The van der Waals surface area contributed by atoms with Crippen molar-refractivity contribution >= 4 is 11.8 Å². The Bertz CT molecular complexity index is 378. The quantitative estimate of drug-likeness (QED) is 0.729. The Morgan fingerprint density at radius 3 is 2.57 bits per heavy atom. The smallest absolute Gasteiger partial charge is 0.249 e. The van der Waals surface area contributed by atoms with Gasteiger partial charge in [0.2, 0.25) is 11.8 Å². The van der Waals surface area contributed by atoms with Gasteiger partial charge in [-0.15, -0.1) is 0 Å². The van der Waals surface area contributed by atoms with Crippen molar-refractivity contribution < 1.29 is 14.3 Å². The van der Waals surface area contributed by atoms with Crippen LogP contribution in [0.25, 0.3) is 0 Å². The van der Waals surface area contributed by atoms with Crippen LogP contribution < -0.4 is 5.32 Å². The number of carbonyl (C=O) groups is 2. The van der Waals surface area contributed by atoms with Gasteiger partial charge in [0.15, 0.2) is 0 Å². The van der Waals surface area contributed by atoms with Crippen molar-refractivity contribution in [3.05, 3.63) is 0 Å². The number of piperazine rings is 1. The van der Waals surface area contributed by atoms with Crippen LogP contribution in [0.4, 0.5) is 0 Å². The number of unbranched alkanes of at least 4 members (excludes halogenated alkanes) is 1. The molecule has 1 unspecified atom stereocenters. The summed E-state index contributed by atoms with van der Waals surface area (Å²) in [7, 11) is 0. The Kier molecular flexibility index (Phi) is 5.62. The molecule has 1 saturated carbocycles. The molecule has 5 heteroatoms. The van der Waals surface area contributed by atoms with Gasteiger partial charge in [-0.1, -0.05) is 33.1 Å². The van der Waals surface area contributed by atoms with E-state index < -0.39 is 5.54 Å². The molecular weight excluding hydrogens is 268 g/mol. The first-order chi connectivity index (χ1) is 10.1. The number of nitrogens with zero attached hydrogens (tertiary/aromatic N) is 1. The van der Waals surface area contributed by atoms with Crippen LogP contribution in [-0.4, -0.2) is 48.1 Å². The molecular formula is C16H28N2O3. The zero-order valence-corrected chi connectivity index (χ0v) is 13.3. The summed E-state index contributed by atoms with van der Waals surface area (Å²) in [5.74, 6) is 0.109. The number of carbonyl (C=O) groups excluding carboxylic acids is 2. The van der Waals surface area contributed by atoms with E-state index in [-0.39, 0.29) is 17.9 Å². The Balaban J connectivity index is 1.99. The fourth-order valence-electron chi connectivity index (χ4n) is 3.42. The first-order valence-corrected chi connectivity index (χ1v) is 8.35. The molecule has 2 aliphatic rings. The molecule has 0 aromatic heterocycles. The highest BCUT2D eigenvalue weighted by molar-refractivity contribution is 6.00. The molecule has 1 atom stereocenters. The van der Waals surface area contributed by atoms with E-state index in [4.69, 9.17) is 4.74 Å². The van der Waals surface area contributed by atoms with Gasteiger partial charge in [-0.2, -0.15) is 0 Å². The lowest BCUT2D eigenvalue weighted by molar-refractivity contribution is -0.155. The van der Waals surface area contributed by atoms with Crippen molar-refractivity contribution in [2.24, 2.45) is 0 Å². The van der Waals surface area contributed by atoms with Gasteiger partial charge >= 0.3 is 0 Å². The van der Waals surface area contributed by atoms with E-state index >= 15 is 0 Å². The highest BCUT2D eigenvalue weighted by Crippen LogP contribution is 2.35. The average molecular weight is 296 g/mol. The van der Waals surface area contributed by atoms with Crippen LogP contribution in [0.5, 0.6) is 0 Å². The third-order valence-electron chi connectivity index (χ3n) is 4.67. The van der Waals surface area contributed by atoms with Crippen molar-refractivity contribution in [2.45, 2.75) is 70.4 Å². The van der Waals surface area contributed by atoms with Crippen LogP contribution in [0, 0.1) is 0 Å². The number of nitrogens with one attached hydrogen (secondary N) is 1. The maximum absolute atomic E-state index is 12.8. The molecule has 0 bridgehead atoms. The second kappa shape index (κ2) is 7.25. The molecule has 1 saturated heterocycles. The largest absolute Gasteiger partial charge is 0.380 e. The third-order valence-corrected chi connectivity index (χ3v) is 4.67. The molecule has 5 nitrogen and oxygen atoms in total. The lowest BCUT2D eigenvalue weighted by Gasteiger charge is -2.44. The summed E-state index contributed by atoms with van der Waals surface area (Å²) in [6, 6.07) is -0.335. The predicted octanol–water partition coefficient (Wildman–Crippen LogP) is 1.85. The maximum atomic E-state index is 12.8. The van der Waals surface area contributed by atoms with Gasteiger partial charge in [0.05, 0.1) is 6.61 Å². The van der Waals surface area contributed by atoms with Crippen LogP contribution in [0.3, 0.4) is 0 Å². The monoisotopic (exact) mass is 296 g/mol. The van der Waals surface area contributed by atoms with E-state index in [1.54, 1.807) is 4.90 Å². The molecule has 0 radical (unpaired) electrons. The fraction of sp³-hybridized carbons (Fsp3) is 0.875. The molecule has 1 heterocycles. The number of ether oxygens (including phenoxy) is 1. The maximum Gasteiger partial charge on any atom is 0.249 e. The summed E-state index contributed by atoms with van der Waals surface area (Å²) in [6.07, 6.45) is 6.39. The molecule has 1 spiro atoms. The van der Waals surface area contributed by atoms with Crippen molar-refractivity contribution in [1.82, 2.24) is 10.2 Å². The highest BCUT2D eigenvalue weighted by atomic mass is 16.5. The van der Waals surface area contributed by atoms with Gasteiger partial charge < -0.3 is 15.0 Å². The van der Waals surface area contributed by atoms with Crippen LogP contribution in [-0.2, 0) is 14.3 Å². The zero-order chi connectivity index (χ0) is 15.3. The van der Waals surface area contributed by atoms with E-state index in [0.29, 0.717) is 19.6 Å². The minimum absolute atomic E-state index is 0.00700. The van der Waals surface area contributed by atoms with Crippen LogP contribution in [0.1, 0.15) is 58.8 Å². The Labute approximate surface area is 127 Å².